The van der Waals surface area contributed by atoms with Crippen molar-refractivity contribution in [3.8, 4) is 16.9 Å². The molecule has 0 spiro atoms. The molecule has 0 saturated heterocycles. The summed E-state index contributed by atoms with van der Waals surface area (Å²) in [5.74, 6) is -0.388. The van der Waals surface area contributed by atoms with E-state index in [4.69, 9.17) is 0 Å². The molecule has 2 aromatic heterocycles. The molecule has 0 atom stereocenters. The molecule has 2 heterocycles. The number of Topliss-reactive ketones (excluding diaryl/α,β-unsaturated/α-hetero) is 1. The maximum atomic E-state index is 13.5. The van der Waals surface area contributed by atoms with Crippen molar-refractivity contribution < 1.29 is 18.0 Å². The average Bonchev–Trinajstić information content (AvgIpc) is 3.40. The predicted molar refractivity (Wildman–Crippen MR) is 130 cm³/mol. The number of benzene rings is 2. The molecule has 7 nitrogen and oxygen atoms in total. The van der Waals surface area contributed by atoms with Crippen LogP contribution < -0.4 is 0 Å². The summed E-state index contributed by atoms with van der Waals surface area (Å²) in [6.45, 7) is 4.15. The van der Waals surface area contributed by atoms with Gasteiger partial charge in [0.2, 0.25) is 0 Å². The highest BCUT2D eigenvalue weighted by Gasteiger charge is 2.31. The second kappa shape index (κ2) is 9.69. The summed E-state index contributed by atoms with van der Waals surface area (Å²) in [5.41, 5.74) is 4.45. The summed E-state index contributed by atoms with van der Waals surface area (Å²) in [6.07, 6.45) is -1.06. The van der Waals surface area contributed by atoms with Gasteiger partial charge in [-0.2, -0.15) is 18.3 Å². The van der Waals surface area contributed by atoms with Crippen LogP contribution in [-0.2, 0) is 26.2 Å². The first-order chi connectivity index (χ1) is 16.9. The molecular formula is C26H27F3N6O. The van der Waals surface area contributed by atoms with Crippen molar-refractivity contribution in [2.45, 2.75) is 33.0 Å². The maximum Gasteiger partial charge on any atom is 0.416 e. The van der Waals surface area contributed by atoms with Gasteiger partial charge in [0.05, 0.1) is 23.6 Å². The number of alkyl halides is 3. The topological polar surface area (TPSA) is 68.8 Å². The third-order valence-electron chi connectivity index (χ3n) is 6.03. The zero-order valence-electron chi connectivity index (χ0n) is 20.8. The predicted octanol–water partition coefficient (Wildman–Crippen LogP) is 4.79. The number of rotatable bonds is 7. The van der Waals surface area contributed by atoms with Gasteiger partial charge in [0.25, 0.3) is 0 Å². The lowest BCUT2D eigenvalue weighted by molar-refractivity contribution is -0.137. The summed E-state index contributed by atoms with van der Waals surface area (Å²) in [7, 11) is 5.38. The summed E-state index contributed by atoms with van der Waals surface area (Å²) >= 11 is 0. The molecule has 0 bridgehead atoms. The Kier molecular flexibility index (Phi) is 6.81. The normalized spacial score (nSPS) is 11.9. The van der Waals surface area contributed by atoms with Crippen LogP contribution in [0.25, 0.3) is 16.9 Å². The number of aromatic nitrogens is 5. The van der Waals surface area contributed by atoms with Crippen LogP contribution in [-0.4, -0.2) is 49.6 Å². The first-order valence-electron chi connectivity index (χ1n) is 11.3. The molecule has 0 aliphatic carbocycles. The van der Waals surface area contributed by atoms with Crippen molar-refractivity contribution in [2.75, 3.05) is 14.1 Å². The van der Waals surface area contributed by atoms with Crippen molar-refractivity contribution in [1.82, 2.24) is 29.7 Å². The van der Waals surface area contributed by atoms with E-state index in [-0.39, 0.29) is 17.8 Å². The Bertz CT molecular complexity index is 1420. The van der Waals surface area contributed by atoms with E-state index in [1.54, 1.807) is 46.8 Å². The smallest absolute Gasteiger partial charge is 0.305 e. The largest absolute Gasteiger partial charge is 0.416 e. The minimum absolute atomic E-state index is 0.0406. The summed E-state index contributed by atoms with van der Waals surface area (Å²) in [4.78, 5) is 14.8. The van der Waals surface area contributed by atoms with E-state index < -0.39 is 11.7 Å². The van der Waals surface area contributed by atoms with Gasteiger partial charge in [-0.25, -0.2) is 4.68 Å². The molecule has 0 fully saturated rings. The molecule has 0 saturated carbocycles. The third-order valence-corrected chi connectivity index (χ3v) is 6.03. The highest BCUT2D eigenvalue weighted by molar-refractivity contribution is 5.98. The molecule has 0 unspecified atom stereocenters. The molecular weight excluding hydrogens is 469 g/mol. The fourth-order valence-corrected chi connectivity index (χ4v) is 4.03. The van der Waals surface area contributed by atoms with E-state index >= 15 is 0 Å². The van der Waals surface area contributed by atoms with Gasteiger partial charge in [-0.1, -0.05) is 17.3 Å². The fourth-order valence-electron chi connectivity index (χ4n) is 4.03. The fraction of sp³-hybridized carbons (Fsp3) is 0.308. The minimum Gasteiger partial charge on any atom is -0.305 e. The highest BCUT2D eigenvalue weighted by atomic mass is 19.4. The van der Waals surface area contributed by atoms with E-state index in [1.807, 2.05) is 33.0 Å². The lowest BCUT2D eigenvalue weighted by Gasteiger charge is -2.15. The van der Waals surface area contributed by atoms with Gasteiger partial charge in [-0.05, 0) is 68.9 Å². The van der Waals surface area contributed by atoms with Crippen LogP contribution >= 0.6 is 0 Å². The summed E-state index contributed by atoms with van der Waals surface area (Å²) in [5, 5.41) is 12.7. The Morgan fingerprint density at radius 3 is 2.44 bits per heavy atom. The molecule has 0 aliphatic heterocycles. The van der Waals surface area contributed by atoms with Crippen LogP contribution in [0.3, 0.4) is 0 Å². The van der Waals surface area contributed by atoms with E-state index in [0.29, 0.717) is 23.4 Å². The Morgan fingerprint density at radius 1 is 1.06 bits per heavy atom. The van der Waals surface area contributed by atoms with Crippen molar-refractivity contribution in [3.63, 3.8) is 0 Å². The van der Waals surface area contributed by atoms with Gasteiger partial charge >= 0.3 is 6.18 Å². The van der Waals surface area contributed by atoms with E-state index in [2.05, 4.69) is 15.4 Å². The van der Waals surface area contributed by atoms with Gasteiger partial charge in [-0.3, -0.25) is 9.48 Å². The van der Waals surface area contributed by atoms with Crippen LogP contribution in [0.1, 0.15) is 38.3 Å². The second-order valence-electron chi connectivity index (χ2n) is 9.19. The average molecular weight is 497 g/mol. The third kappa shape index (κ3) is 5.38. The number of halogens is 3. The summed E-state index contributed by atoms with van der Waals surface area (Å²) in [6, 6.07) is 9.03. The molecule has 4 rings (SSSR count). The summed E-state index contributed by atoms with van der Waals surface area (Å²) < 4.78 is 43.8. The van der Waals surface area contributed by atoms with Crippen LogP contribution in [0.15, 0.2) is 48.8 Å². The van der Waals surface area contributed by atoms with Crippen LogP contribution in [0.4, 0.5) is 13.2 Å². The Hall–Kier alpha value is -3.79. The number of carbonyl (C=O) groups is 1. The number of carbonyl (C=O) groups excluding carboxylic acids is 1. The number of nitrogens with zero attached hydrogens (tertiary/aromatic N) is 6. The zero-order valence-corrected chi connectivity index (χ0v) is 20.8. The van der Waals surface area contributed by atoms with Crippen LogP contribution in [0.5, 0.6) is 0 Å². The first kappa shape index (κ1) is 25.3. The van der Waals surface area contributed by atoms with E-state index in [0.717, 1.165) is 34.6 Å². The van der Waals surface area contributed by atoms with Gasteiger partial charge in [0.15, 0.2) is 5.78 Å². The number of ketones is 1. The van der Waals surface area contributed by atoms with Crippen LogP contribution in [0.2, 0.25) is 0 Å². The Labute approximate surface area is 207 Å². The molecule has 4 aromatic rings. The molecule has 10 heteroatoms. The van der Waals surface area contributed by atoms with Gasteiger partial charge in [0.1, 0.15) is 5.69 Å². The highest BCUT2D eigenvalue weighted by Crippen LogP contribution is 2.31. The number of aryl methyl sites for hydroxylation is 2. The van der Waals surface area contributed by atoms with E-state index in [1.165, 1.54) is 6.07 Å². The molecule has 0 N–H and O–H groups in total. The van der Waals surface area contributed by atoms with Crippen molar-refractivity contribution in [3.05, 3.63) is 82.3 Å². The quantitative estimate of drug-likeness (QED) is 0.344. The monoisotopic (exact) mass is 496 g/mol. The van der Waals surface area contributed by atoms with Gasteiger partial charge < -0.3 is 4.90 Å². The second-order valence-corrected chi connectivity index (χ2v) is 9.19. The molecule has 0 amide bonds. The minimum atomic E-state index is -4.54. The zero-order chi connectivity index (χ0) is 26.2. The SMILES string of the molecule is Cc1ccc(CC(=O)c2cc(CN(C)C)cc(C(F)(F)F)c2)cc1-n1cc(-c2cnn(C)c2C)nn1. The van der Waals surface area contributed by atoms with E-state index in [9.17, 15) is 18.0 Å². The van der Waals surface area contributed by atoms with Crippen molar-refractivity contribution in [2.24, 2.45) is 7.05 Å². The lowest BCUT2D eigenvalue weighted by Crippen LogP contribution is -2.15. The van der Waals surface area contributed by atoms with Crippen LogP contribution in [0, 0.1) is 13.8 Å². The molecule has 0 aliphatic rings. The Balaban J connectivity index is 1.62. The van der Waals surface area contributed by atoms with Crippen molar-refractivity contribution in [1.29, 1.82) is 0 Å². The Morgan fingerprint density at radius 2 is 1.81 bits per heavy atom. The number of hydrogen-bond donors (Lipinski definition) is 0. The standard InChI is InChI=1S/C26H27F3N6O/c1-16-6-7-18(10-24(16)35-15-23(31-32-35)22-13-30-34(5)17(22)2)11-25(36)20-8-19(14-33(3)4)9-21(12-20)26(27,28)29/h6-10,12-13,15H,11,14H2,1-5H3. The maximum absolute atomic E-state index is 13.5. The molecule has 188 valence electrons. The van der Waals surface area contributed by atoms with Crippen molar-refractivity contribution >= 4 is 5.78 Å². The number of hydrogen-bond acceptors (Lipinski definition) is 5. The molecule has 2 aromatic carbocycles. The first-order valence-corrected chi connectivity index (χ1v) is 11.3. The molecule has 0 radical (unpaired) electrons. The van der Waals surface area contributed by atoms with Gasteiger partial charge in [-0.15, -0.1) is 5.10 Å². The molecule has 36 heavy (non-hydrogen) atoms. The lowest BCUT2D eigenvalue weighted by atomic mass is 9.97. The van der Waals surface area contributed by atoms with Gasteiger partial charge in [0, 0.05) is 36.8 Å².